The summed E-state index contributed by atoms with van der Waals surface area (Å²) in [5.74, 6) is -1.54. The van der Waals surface area contributed by atoms with Crippen LogP contribution in [0.2, 0.25) is 0 Å². The lowest BCUT2D eigenvalue weighted by Crippen LogP contribution is -2.41. The third-order valence-corrected chi connectivity index (χ3v) is 4.48. The Balaban J connectivity index is 1.71. The molecule has 2 N–H and O–H groups in total. The molecule has 7 nitrogen and oxygen atoms in total. The number of nitrogens with two attached hydrogens (primary N) is 1. The number of amides is 3. The first-order chi connectivity index (χ1) is 11.9. The van der Waals surface area contributed by atoms with E-state index in [1.807, 2.05) is 0 Å². The maximum Gasteiger partial charge on any atom is 0.270 e. The zero-order valence-corrected chi connectivity index (χ0v) is 13.7. The maximum absolute atomic E-state index is 13.0. The van der Waals surface area contributed by atoms with Gasteiger partial charge in [0.1, 0.15) is 11.5 Å². The highest BCUT2D eigenvalue weighted by atomic mass is 19.1. The Morgan fingerprint density at radius 1 is 1.24 bits per heavy atom. The van der Waals surface area contributed by atoms with E-state index in [0.29, 0.717) is 25.2 Å². The van der Waals surface area contributed by atoms with Crippen LogP contribution in [0.3, 0.4) is 0 Å². The second-order valence-corrected chi connectivity index (χ2v) is 6.26. The van der Waals surface area contributed by atoms with Crippen LogP contribution < -0.4 is 5.73 Å². The number of hydrazone groups is 1. The third-order valence-electron chi connectivity index (χ3n) is 4.48. The van der Waals surface area contributed by atoms with Crippen molar-refractivity contribution in [2.24, 2.45) is 16.8 Å². The Bertz CT molecular complexity index is 732. The molecular weight excluding hydrogens is 327 g/mol. The second-order valence-electron chi connectivity index (χ2n) is 6.26. The fraction of sp³-hybridized carbons (Fsp3) is 0.412. The molecule has 1 saturated heterocycles. The average molecular weight is 346 g/mol. The molecule has 1 fully saturated rings. The molecule has 0 unspecified atom stereocenters. The van der Waals surface area contributed by atoms with Gasteiger partial charge in [-0.3, -0.25) is 14.4 Å². The molecule has 0 bridgehead atoms. The monoisotopic (exact) mass is 346 g/mol. The van der Waals surface area contributed by atoms with Gasteiger partial charge in [0.25, 0.3) is 5.91 Å². The van der Waals surface area contributed by atoms with E-state index < -0.39 is 5.91 Å². The van der Waals surface area contributed by atoms with Gasteiger partial charge in [0.2, 0.25) is 11.8 Å². The topological polar surface area (TPSA) is 96.1 Å². The van der Waals surface area contributed by atoms with Crippen molar-refractivity contribution in [2.45, 2.75) is 25.8 Å². The van der Waals surface area contributed by atoms with Crippen LogP contribution >= 0.6 is 0 Å². The summed E-state index contributed by atoms with van der Waals surface area (Å²) in [6.07, 6.45) is 1.01. The molecule has 8 heteroatoms. The quantitative estimate of drug-likeness (QED) is 0.866. The number of nitrogens with zero attached hydrogens (tertiary/aromatic N) is 3. The number of benzene rings is 1. The van der Waals surface area contributed by atoms with E-state index in [2.05, 4.69) is 5.10 Å². The smallest absolute Gasteiger partial charge is 0.270 e. The van der Waals surface area contributed by atoms with Gasteiger partial charge in [0.15, 0.2) is 0 Å². The number of carbonyl (C=O) groups is 3. The largest absolute Gasteiger partial charge is 0.369 e. The van der Waals surface area contributed by atoms with Crippen LogP contribution in [0, 0.1) is 11.7 Å². The molecule has 1 aromatic rings. The number of halogens is 1. The highest BCUT2D eigenvalue weighted by Crippen LogP contribution is 2.19. The number of hydrogen-bond donors (Lipinski definition) is 1. The van der Waals surface area contributed by atoms with Crippen molar-refractivity contribution in [3.8, 4) is 0 Å². The highest BCUT2D eigenvalue weighted by molar-refractivity contribution is 6.39. The van der Waals surface area contributed by atoms with Crippen molar-refractivity contribution < 1.29 is 18.8 Å². The van der Waals surface area contributed by atoms with E-state index in [1.54, 1.807) is 17.0 Å². The van der Waals surface area contributed by atoms with Gasteiger partial charge < -0.3 is 10.6 Å². The highest BCUT2D eigenvalue weighted by Gasteiger charge is 2.33. The molecule has 132 valence electrons. The SMILES string of the molecule is NC(=O)[C@@H]1CCN(C(=O)C2=NN(Cc3ccc(F)cc3)C(=O)CC2)C1. The van der Waals surface area contributed by atoms with Crippen molar-refractivity contribution >= 4 is 23.4 Å². The van der Waals surface area contributed by atoms with Crippen LogP contribution in [0.15, 0.2) is 29.4 Å². The first-order valence-corrected chi connectivity index (χ1v) is 8.15. The molecule has 3 amide bonds. The summed E-state index contributed by atoms with van der Waals surface area (Å²) in [7, 11) is 0. The van der Waals surface area contributed by atoms with E-state index in [4.69, 9.17) is 5.73 Å². The van der Waals surface area contributed by atoms with E-state index in [1.165, 1.54) is 17.1 Å². The number of hydrogen-bond acceptors (Lipinski definition) is 4. The molecule has 1 aromatic carbocycles. The van der Waals surface area contributed by atoms with Crippen LogP contribution in [0.25, 0.3) is 0 Å². The molecule has 1 atom stereocenters. The molecule has 3 rings (SSSR count). The molecule has 25 heavy (non-hydrogen) atoms. The number of carbonyl (C=O) groups excluding carboxylic acids is 3. The van der Waals surface area contributed by atoms with Crippen LogP contribution in [-0.4, -0.2) is 46.4 Å². The molecule has 2 heterocycles. The Hall–Kier alpha value is -2.77. The van der Waals surface area contributed by atoms with Crippen molar-refractivity contribution in [1.29, 1.82) is 0 Å². The lowest BCUT2D eigenvalue weighted by molar-refractivity contribution is -0.132. The zero-order valence-electron chi connectivity index (χ0n) is 13.7. The minimum atomic E-state index is -0.408. The summed E-state index contributed by atoms with van der Waals surface area (Å²) in [5.41, 5.74) is 6.31. The van der Waals surface area contributed by atoms with Gasteiger partial charge in [-0.2, -0.15) is 5.10 Å². The van der Waals surface area contributed by atoms with E-state index >= 15 is 0 Å². The van der Waals surface area contributed by atoms with Gasteiger partial charge in [-0.1, -0.05) is 12.1 Å². The predicted octanol–water partition coefficient (Wildman–Crippen LogP) is 0.638. The number of rotatable bonds is 4. The van der Waals surface area contributed by atoms with Crippen molar-refractivity contribution in [1.82, 2.24) is 9.91 Å². The fourth-order valence-corrected chi connectivity index (χ4v) is 3.00. The Morgan fingerprint density at radius 2 is 1.96 bits per heavy atom. The predicted molar refractivity (Wildman–Crippen MR) is 87.5 cm³/mol. The third kappa shape index (κ3) is 3.84. The first-order valence-electron chi connectivity index (χ1n) is 8.15. The molecule has 2 aliphatic heterocycles. The second kappa shape index (κ2) is 7.00. The molecule has 0 aromatic heterocycles. The molecule has 0 saturated carbocycles. The minimum Gasteiger partial charge on any atom is -0.369 e. The lowest BCUT2D eigenvalue weighted by atomic mass is 10.1. The molecule has 0 radical (unpaired) electrons. The summed E-state index contributed by atoms with van der Waals surface area (Å²) in [6, 6.07) is 5.78. The summed E-state index contributed by atoms with van der Waals surface area (Å²) < 4.78 is 13.0. The van der Waals surface area contributed by atoms with E-state index in [-0.39, 0.29) is 42.9 Å². The van der Waals surface area contributed by atoms with Crippen LogP contribution in [0.4, 0.5) is 4.39 Å². The number of likely N-dealkylation sites (tertiary alicyclic amines) is 1. The molecular formula is C17H19FN4O3. The van der Waals surface area contributed by atoms with Crippen molar-refractivity contribution in [2.75, 3.05) is 13.1 Å². The van der Waals surface area contributed by atoms with Gasteiger partial charge in [-0.15, -0.1) is 0 Å². The normalized spacial score (nSPS) is 20.6. The van der Waals surface area contributed by atoms with Gasteiger partial charge >= 0.3 is 0 Å². The Labute approximate surface area is 144 Å². The van der Waals surface area contributed by atoms with Crippen LogP contribution in [0.5, 0.6) is 0 Å². The standard InChI is InChI=1S/C17H19FN4O3/c18-13-3-1-11(2-4-13)9-22-15(23)6-5-14(20-22)17(25)21-8-7-12(10-21)16(19)24/h1-4,12H,5-10H2,(H2,19,24)/t12-/m1/s1. The van der Waals surface area contributed by atoms with Crippen molar-refractivity contribution in [3.63, 3.8) is 0 Å². The summed E-state index contributed by atoms with van der Waals surface area (Å²) in [6.45, 7) is 0.927. The Morgan fingerprint density at radius 3 is 2.60 bits per heavy atom. The lowest BCUT2D eigenvalue weighted by Gasteiger charge is -2.25. The van der Waals surface area contributed by atoms with E-state index in [9.17, 15) is 18.8 Å². The summed E-state index contributed by atoms with van der Waals surface area (Å²) >= 11 is 0. The fourth-order valence-electron chi connectivity index (χ4n) is 3.00. The molecule has 2 aliphatic rings. The van der Waals surface area contributed by atoms with Gasteiger partial charge in [-0.25, -0.2) is 9.40 Å². The van der Waals surface area contributed by atoms with Crippen molar-refractivity contribution in [3.05, 3.63) is 35.6 Å². The molecule has 0 spiro atoms. The first kappa shape index (κ1) is 17.1. The molecule has 0 aliphatic carbocycles. The Kier molecular flexibility index (Phi) is 4.78. The maximum atomic E-state index is 13.0. The van der Waals surface area contributed by atoms with Crippen LogP contribution in [0.1, 0.15) is 24.8 Å². The summed E-state index contributed by atoms with van der Waals surface area (Å²) in [5, 5.41) is 5.44. The van der Waals surface area contributed by atoms with Gasteiger partial charge in [0.05, 0.1) is 12.5 Å². The average Bonchev–Trinajstić information content (AvgIpc) is 3.08. The van der Waals surface area contributed by atoms with E-state index in [0.717, 1.165) is 5.56 Å². The minimum absolute atomic E-state index is 0.180. The summed E-state index contributed by atoms with van der Waals surface area (Å²) in [4.78, 5) is 37.4. The zero-order chi connectivity index (χ0) is 18.0. The van der Waals surface area contributed by atoms with Gasteiger partial charge in [-0.05, 0) is 24.1 Å². The van der Waals surface area contributed by atoms with Gasteiger partial charge in [0, 0.05) is 25.9 Å². The number of primary amides is 1. The van der Waals surface area contributed by atoms with Crippen LogP contribution in [-0.2, 0) is 20.9 Å².